The van der Waals surface area contributed by atoms with Crippen molar-refractivity contribution in [2.75, 3.05) is 11.4 Å². The zero-order valence-electron chi connectivity index (χ0n) is 12.5. The predicted octanol–water partition coefficient (Wildman–Crippen LogP) is 2.85. The van der Waals surface area contributed by atoms with Crippen molar-refractivity contribution >= 4 is 5.82 Å². The molecule has 1 fully saturated rings. The van der Waals surface area contributed by atoms with E-state index < -0.39 is 23.8 Å². The third-order valence-corrected chi connectivity index (χ3v) is 4.12. The van der Waals surface area contributed by atoms with Crippen molar-refractivity contribution in [3.63, 3.8) is 0 Å². The fourth-order valence-electron chi connectivity index (χ4n) is 3.01. The molecule has 1 aliphatic rings. The number of aromatic nitrogens is 1. The number of hydrogen-bond donors (Lipinski definition) is 1. The molecular weight excluding hydrogens is 300 g/mol. The van der Waals surface area contributed by atoms with Crippen molar-refractivity contribution in [1.82, 2.24) is 4.98 Å². The lowest BCUT2D eigenvalue weighted by Gasteiger charge is -2.27. The van der Waals surface area contributed by atoms with Gasteiger partial charge in [-0.1, -0.05) is 0 Å². The Kier molecular flexibility index (Phi) is 3.97. The van der Waals surface area contributed by atoms with Gasteiger partial charge in [0, 0.05) is 18.3 Å². The van der Waals surface area contributed by atoms with Crippen LogP contribution in [0.5, 0.6) is 0 Å². The highest BCUT2D eigenvalue weighted by molar-refractivity contribution is 5.59. The fraction of sp³-hybridized carbons (Fsp3) is 0.294. The van der Waals surface area contributed by atoms with Crippen LogP contribution in [0.4, 0.5) is 14.6 Å². The number of aliphatic hydroxyl groups excluding tert-OH is 1. The molecular formula is C17H15F2N3O. The van der Waals surface area contributed by atoms with Gasteiger partial charge in [-0.25, -0.2) is 13.8 Å². The zero-order valence-corrected chi connectivity index (χ0v) is 12.5. The van der Waals surface area contributed by atoms with Crippen molar-refractivity contribution in [2.45, 2.75) is 25.5 Å². The molecule has 0 bridgehead atoms. The molecule has 3 rings (SSSR count). The lowest BCUT2D eigenvalue weighted by Crippen LogP contribution is -2.27. The van der Waals surface area contributed by atoms with Crippen LogP contribution in [-0.2, 0) is 0 Å². The minimum absolute atomic E-state index is 0.161. The number of nitriles is 1. The number of nitrogens with zero attached hydrogens (tertiary/aromatic N) is 3. The van der Waals surface area contributed by atoms with Crippen molar-refractivity contribution in [3.8, 4) is 6.07 Å². The standard InChI is InChI=1S/C17H15F2N3O/c1-10-4-5-21-17(14(10)8-20)22-9-12(23)7-16(22)13-6-11(18)2-3-15(13)19/h2-6,12,16,23H,7,9H2,1H3/t12-,16+/m0/s1. The first-order valence-corrected chi connectivity index (χ1v) is 7.26. The number of benzene rings is 1. The second-order valence-electron chi connectivity index (χ2n) is 5.66. The predicted molar refractivity (Wildman–Crippen MR) is 80.8 cm³/mol. The number of anilines is 1. The number of aliphatic hydroxyl groups is 1. The number of aryl methyl sites for hydroxylation is 1. The van der Waals surface area contributed by atoms with E-state index >= 15 is 0 Å². The molecule has 2 aromatic rings. The van der Waals surface area contributed by atoms with Crippen molar-refractivity contribution in [3.05, 3.63) is 58.8 Å². The normalized spacial score (nSPS) is 20.6. The summed E-state index contributed by atoms with van der Waals surface area (Å²) < 4.78 is 27.7. The minimum atomic E-state index is -0.698. The second-order valence-corrected chi connectivity index (χ2v) is 5.66. The van der Waals surface area contributed by atoms with Crippen LogP contribution in [0, 0.1) is 29.9 Å². The number of halogens is 2. The van der Waals surface area contributed by atoms with Gasteiger partial charge in [-0.05, 0) is 43.2 Å². The molecule has 1 aromatic heterocycles. The molecule has 2 atom stereocenters. The van der Waals surface area contributed by atoms with E-state index in [-0.39, 0.29) is 18.5 Å². The summed E-state index contributed by atoms with van der Waals surface area (Å²) in [7, 11) is 0. The average molecular weight is 315 g/mol. The smallest absolute Gasteiger partial charge is 0.147 e. The van der Waals surface area contributed by atoms with Gasteiger partial charge < -0.3 is 10.0 Å². The highest BCUT2D eigenvalue weighted by Crippen LogP contribution is 2.38. The van der Waals surface area contributed by atoms with Crippen LogP contribution in [0.1, 0.15) is 29.2 Å². The van der Waals surface area contributed by atoms with Crippen LogP contribution in [0.3, 0.4) is 0 Å². The molecule has 1 saturated heterocycles. The van der Waals surface area contributed by atoms with Crippen LogP contribution in [0.25, 0.3) is 0 Å². The Labute approximate surface area is 132 Å². The lowest BCUT2D eigenvalue weighted by atomic mass is 10.0. The summed E-state index contributed by atoms with van der Waals surface area (Å²) >= 11 is 0. The summed E-state index contributed by atoms with van der Waals surface area (Å²) in [6, 6.07) is 6.51. The molecule has 0 saturated carbocycles. The van der Waals surface area contributed by atoms with Gasteiger partial charge in [-0.2, -0.15) is 5.26 Å². The third kappa shape index (κ3) is 2.76. The van der Waals surface area contributed by atoms with Crippen molar-refractivity contribution in [2.24, 2.45) is 0 Å². The van der Waals surface area contributed by atoms with E-state index in [0.29, 0.717) is 11.4 Å². The van der Waals surface area contributed by atoms with Crippen LogP contribution in [-0.4, -0.2) is 22.7 Å². The van der Waals surface area contributed by atoms with Gasteiger partial charge in [0.2, 0.25) is 0 Å². The second kappa shape index (κ2) is 5.94. The van der Waals surface area contributed by atoms with E-state index in [2.05, 4.69) is 11.1 Å². The lowest BCUT2D eigenvalue weighted by molar-refractivity contribution is 0.194. The molecule has 1 aromatic carbocycles. The van der Waals surface area contributed by atoms with Gasteiger partial charge in [0.25, 0.3) is 0 Å². The molecule has 0 spiro atoms. The summed E-state index contributed by atoms with van der Waals surface area (Å²) in [6.07, 6.45) is 1.12. The number of pyridine rings is 1. The van der Waals surface area contributed by atoms with Crippen molar-refractivity contribution in [1.29, 1.82) is 5.26 Å². The molecule has 0 unspecified atom stereocenters. The molecule has 23 heavy (non-hydrogen) atoms. The molecule has 4 nitrogen and oxygen atoms in total. The molecule has 1 aliphatic heterocycles. The summed E-state index contributed by atoms with van der Waals surface area (Å²) in [4.78, 5) is 5.91. The SMILES string of the molecule is Cc1ccnc(N2C[C@@H](O)C[C@@H]2c2cc(F)ccc2F)c1C#N. The topological polar surface area (TPSA) is 60.1 Å². The Balaban J connectivity index is 2.10. The Morgan fingerprint density at radius 1 is 1.35 bits per heavy atom. The maximum Gasteiger partial charge on any atom is 0.147 e. The van der Waals surface area contributed by atoms with Crippen LogP contribution < -0.4 is 4.90 Å². The van der Waals surface area contributed by atoms with E-state index in [1.54, 1.807) is 24.1 Å². The highest BCUT2D eigenvalue weighted by atomic mass is 19.1. The average Bonchev–Trinajstić information content (AvgIpc) is 2.91. The maximum absolute atomic E-state index is 14.1. The summed E-state index contributed by atoms with van der Waals surface area (Å²) in [5.41, 5.74) is 1.29. The van der Waals surface area contributed by atoms with Gasteiger partial charge in [0.1, 0.15) is 23.5 Å². The molecule has 118 valence electrons. The molecule has 6 heteroatoms. The Morgan fingerprint density at radius 3 is 2.87 bits per heavy atom. The molecule has 0 aliphatic carbocycles. The highest BCUT2D eigenvalue weighted by Gasteiger charge is 2.36. The fourth-order valence-corrected chi connectivity index (χ4v) is 3.01. The molecule has 2 heterocycles. The summed E-state index contributed by atoms with van der Waals surface area (Å²) in [5.74, 6) is -0.695. The van der Waals surface area contributed by atoms with E-state index in [1.165, 1.54) is 0 Å². The Bertz CT molecular complexity index is 788. The number of rotatable bonds is 2. The summed E-state index contributed by atoms with van der Waals surface area (Å²) in [5, 5.41) is 19.4. The van der Waals surface area contributed by atoms with Gasteiger partial charge in [0.15, 0.2) is 0 Å². The summed E-state index contributed by atoms with van der Waals surface area (Å²) in [6.45, 7) is 2.00. The zero-order chi connectivity index (χ0) is 16.6. The minimum Gasteiger partial charge on any atom is -0.391 e. The van der Waals surface area contributed by atoms with Crippen LogP contribution in [0.2, 0.25) is 0 Å². The largest absolute Gasteiger partial charge is 0.391 e. The van der Waals surface area contributed by atoms with Gasteiger partial charge in [-0.15, -0.1) is 0 Å². The van der Waals surface area contributed by atoms with E-state index in [0.717, 1.165) is 23.8 Å². The molecule has 1 N–H and O–H groups in total. The molecule has 0 radical (unpaired) electrons. The van der Waals surface area contributed by atoms with Crippen LogP contribution >= 0.6 is 0 Å². The van der Waals surface area contributed by atoms with Crippen LogP contribution in [0.15, 0.2) is 30.5 Å². The number of hydrogen-bond acceptors (Lipinski definition) is 4. The van der Waals surface area contributed by atoms with Gasteiger partial charge in [-0.3, -0.25) is 0 Å². The number of β-amino-alcohol motifs (C(OH)–C–C–N with tert-alkyl or cyclic N) is 1. The van der Waals surface area contributed by atoms with Crippen molar-refractivity contribution < 1.29 is 13.9 Å². The Hall–Kier alpha value is -2.52. The molecule has 0 amide bonds. The monoisotopic (exact) mass is 315 g/mol. The Morgan fingerprint density at radius 2 is 2.13 bits per heavy atom. The van der Waals surface area contributed by atoms with E-state index in [9.17, 15) is 19.1 Å². The first-order chi connectivity index (χ1) is 11.0. The quantitative estimate of drug-likeness (QED) is 0.926. The van der Waals surface area contributed by atoms with Gasteiger partial charge >= 0.3 is 0 Å². The van der Waals surface area contributed by atoms with Gasteiger partial charge in [0.05, 0.1) is 17.7 Å². The maximum atomic E-state index is 14.1. The first kappa shape index (κ1) is 15.4. The van der Waals surface area contributed by atoms with E-state index in [4.69, 9.17) is 0 Å². The third-order valence-electron chi connectivity index (χ3n) is 4.12. The first-order valence-electron chi connectivity index (χ1n) is 7.26. The van der Waals surface area contributed by atoms with E-state index in [1.807, 2.05) is 0 Å².